The quantitative estimate of drug-likeness (QED) is 0.760. The van der Waals surface area contributed by atoms with Gasteiger partial charge < -0.3 is 0 Å². The van der Waals surface area contributed by atoms with Crippen molar-refractivity contribution in [2.45, 2.75) is 26.8 Å². The van der Waals surface area contributed by atoms with E-state index in [0.717, 1.165) is 11.4 Å². The largest absolute Gasteiger partial charge is 0.295 e. The summed E-state index contributed by atoms with van der Waals surface area (Å²) in [4.78, 5) is 15.6. The van der Waals surface area contributed by atoms with E-state index in [1.165, 1.54) is 6.33 Å². The molecule has 2 aromatic rings. The summed E-state index contributed by atoms with van der Waals surface area (Å²) in [5.74, 6) is 0.852. The molecule has 0 N–H and O–H groups in total. The molecule has 0 aliphatic heterocycles. The van der Waals surface area contributed by atoms with Gasteiger partial charge in [-0.3, -0.25) is 4.79 Å². The van der Waals surface area contributed by atoms with E-state index in [1.54, 1.807) is 6.92 Å². The predicted molar refractivity (Wildman–Crippen MR) is 65.8 cm³/mol. The Balaban J connectivity index is 2.49. The SMILES string of the molecule is CC(=O)c1cccc(-c2ncnn2C(C)C)c1. The lowest BCUT2D eigenvalue weighted by Gasteiger charge is -2.09. The minimum atomic E-state index is 0.0578. The van der Waals surface area contributed by atoms with Crippen LogP contribution >= 0.6 is 0 Å². The molecule has 4 nitrogen and oxygen atoms in total. The fourth-order valence-corrected chi connectivity index (χ4v) is 1.71. The molecule has 0 unspecified atom stereocenters. The average Bonchev–Trinajstić information content (AvgIpc) is 2.78. The number of rotatable bonds is 3. The third kappa shape index (κ3) is 2.25. The second-order valence-electron chi connectivity index (χ2n) is 4.26. The summed E-state index contributed by atoms with van der Waals surface area (Å²) in [5, 5.41) is 4.19. The fraction of sp³-hybridized carbons (Fsp3) is 0.308. The van der Waals surface area contributed by atoms with Crippen molar-refractivity contribution in [2.75, 3.05) is 0 Å². The van der Waals surface area contributed by atoms with Crippen LogP contribution in [0.1, 0.15) is 37.2 Å². The third-order valence-electron chi connectivity index (χ3n) is 2.59. The molecule has 0 radical (unpaired) electrons. The number of carbonyl (C=O) groups excluding carboxylic acids is 1. The first-order valence-electron chi connectivity index (χ1n) is 5.60. The predicted octanol–water partition coefficient (Wildman–Crippen LogP) is 2.73. The molecule has 0 aliphatic carbocycles. The van der Waals surface area contributed by atoms with Crippen molar-refractivity contribution < 1.29 is 4.79 Å². The Morgan fingerprint density at radius 3 is 2.76 bits per heavy atom. The lowest BCUT2D eigenvalue weighted by Crippen LogP contribution is -2.05. The minimum absolute atomic E-state index is 0.0578. The number of aromatic nitrogens is 3. The molecule has 0 saturated heterocycles. The first-order valence-corrected chi connectivity index (χ1v) is 5.60. The van der Waals surface area contributed by atoms with Crippen LogP contribution in [-0.2, 0) is 0 Å². The molecule has 0 saturated carbocycles. The fourth-order valence-electron chi connectivity index (χ4n) is 1.71. The van der Waals surface area contributed by atoms with E-state index in [1.807, 2.05) is 42.8 Å². The smallest absolute Gasteiger partial charge is 0.159 e. The number of nitrogens with zero attached hydrogens (tertiary/aromatic N) is 3. The highest BCUT2D eigenvalue weighted by atomic mass is 16.1. The molecule has 0 atom stereocenters. The van der Waals surface area contributed by atoms with Crippen LogP contribution in [0.2, 0.25) is 0 Å². The summed E-state index contributed by atoms with van der Waals surface area (Å²) in [6.45, 7) is 5.66. The van der Waals surface area contributed by atoms with E-state index in [-0.39, 0.29) is 11.8 Å². The van der Waals surface area contributed by atoms with Gasteiger partial charge in [-0.05, 0) is 26.8 Å². The van der Waals surface area contributed by atoms with Crippen molar-refractivity contribution in [3.8, 4) is 11.4 Å². The molecule has 4 heteroatoms. The van der Waals surface area contributed by atoms with E-state index >= 15 is 0 Å². The Bertz CT molecular complexity index is 543. The van der Waals surface area contributed by atoms with E-state index < -0.39 is 0 Å². The highest BCUT2D eigenvalue weighted by molar-refractivity contribution is 5.95. The Hall–Kier alpha value is -1.97. The van der Waals surface area contributed by atoms with E-state index in [4.69, 9.17) is 0 Å². The summed E-state index contributed by atoms with van der Waals surface area (Å²) in [7, 11) is 0. The monoisotopic (exact) mass is 229 g/mol. The highest BCUT2D eigenvalue weighted by Crippen LogP contribution is 2.20. The normalized spacial score (nSPS) is 10.8. The summed E-state index contributed by atoms with van der Waals surface area (Å²) in [6, 6.07) is 7.71. The van der Waals surface area contributed by atoms with Crippen LogP contribution in [0.5, 0.6) is 0 Å². The zero-order chi connectivity index (χ0) is 12.4. The third-order valence-corrected chi connectivity index (χ3v) is 2.59. The molecule has 0 amide bonds. The average molecular weight is 229 g/mol. The second-order valence-corrected chi connectivity index (χ2v) is 4.26. The van der Waals surface area contributed by atoms with E-state index in [0.29, 0.717) is 5.56 Å². The highest BCUT2D eigenvalue weighted by Gasteiger charge is 2.10. The molecule has 1 aromatic carbocycles. The number of hydrogen-bond donors (Lipinski definition) is 0. The lowest BCUT2D eigenvalue weighted by molar-refractivity contribution is 0.101. The summed E-state index contributed by atoms with van der Waals surface area (Å²) >= 11 is 0. The number of Topliss-reactive ketones (excluding diaryl/α,β-unsaturated/α-hetero) is 1. The molecular formula is C13H15N3O. The van der Waals surface area contributed by atoms with Crippen LogP contribution in [-0.4, -0.2) is 20.5 Å². The number of carbonyl (C=O) groups is 1. The maximum absolute atomic E-state index is 11.3. The van der Waals surface area contributed by atoms with Gasteiger partial charge in [-0.2, -0.15) is 5.10 Å². The lowest BCUT2D eigenvalue weighted by atomic mass is 10.1. The Labute approximate surface area is 100 Å². The molecule has 0 bridgehead atoms. The number of hydrogen-bond acceptors (Lipinski definition) is 3. The molecule has 2 rings (SSSR count). The zero-order valence-corrected chi connectivity index (χ0v) is 10.2. The van der Waals surface area contributed by atoms with Crippen molar-refractivity contribution in [3.05, 3.63) is 36.2 Å². The van der Waals surface area contributed by atoms with Gasteiger partial charge in [0.05, 0.1) is 0 Å². The molecule has 0 aliphatic rings. The van der Waals surface area contributed by atoms with Gasteiger partial charge in [0.25, 0.3) is 0 Å². The maximum Gasteiger partial charge on any atom is 0.159 e. The van der Waals surface area contributed by atoms with Gasteiger partial charge in [-0.15, -0.1) is 0 Å². The minimum Gasteiger partial charge on any atom is -0.295 e. The van der Waals surface area contributed by atoms with Crippen LogP contribution in [0.3, 0.4) is 0 Å². The van der Waals surface area contributed by atoms with Gasteiger partial charge in [0.15, 0.2) is 11.6 Å². The summed E-state index contributed by atoms with van der Waals surface area (Å²) in [5.41, 5.74) is 1.62. The number of benzene rings is 1. The van der Waals surface area contributed by atoms with Crippen molar-refractivity contribution in [1.29, 1.82) is 0 Å². The standard InChI is InChI=1S/C13H15N3O/c1-9(2)16-13(14-8-15-16)12-6-4-5-11(7-12)10(3)17/h4-9H,1-3H3. The van der Waals surface area contributed by atoms with Crippen molar-refractivity contribution in [1.82, 2.24) is 14.8 Å². The maximum atomic E-state index is 11.3. The molecule has 17 heavy (non-hydrogen) atoms. The van der Waals surface area contributed by atoms with E-state index in [9.17, 15) is 4.79 Å². The van der Waals surface area contributed by atoms with Crippen LogP contribution < -0.4 is 0 Å². The molecule has 0 spiro atoms. The molecular weight excluding hydrogens is 214 g/mol. The van der Waals surface area contributed by atoms with Crippen LogP contribution in [0.25, 0.3) is 11.4 Å². The Morgan fingerprint density at radius 1 is 1.35 bits per heavy atom. The van der Waals surface area contributed by atoms with Crippen molar-refractivity contribution in [3.63, 3.8) is 0 Å². The Kier molecular flexibility index (Phi) is 3.04. The van der Waals surface area contributed by atoms with Crippen LogP contribution in [0.4, 0.5) is 0 Å². The van der Waals surface area contributed by atoms with Gasteiger partial charge in [-0.1, -0.05) is 18.2 Å². The van der Waals surface area contributed by atoms with Gasteiger partial charge in [0, 0.05) is 17.2 Å². The summed E-state index contributed by atoms with van der Waals surface area (Å²) < 4.78 is 1.85. The number of ketones is 1. The van der Waals surface area contributed by atoms with Crippen LogP contribution in [0, 0.1) is 0 Å². The van der Waals surface area contributed by atoms with Gasteiger partial charge in [0.2, 0.25) is 0 Å². The zero-order valence-electron chi connectivity index (χ0n) is 10.2. The van der Waals surface area contributed by atoms with Crippen molar-refractivity contribution >= 4 is 5.78 Å². The van der Waals surface area contributed by atoms with Crippen LogP contribution in [0.15, 0.2) is 30.6 Å². The van der Waals surface area contributed by atoms with Crippen molar-refractivity contribution in [2.24, 2.45) is 0 Å². The topological polar surface area (TPSA) is 47.8 Å². The first-order chi connectivity index (χ1) is 8.09. The second kappa shape index (κ2) is 4.49. The Morgan fingerprint density at radius 2 is 2.12 bits per heavy atom. The van der Waals surface area contributed by atoms with Gasteiger partial charge in [0.1, 0.15) is 6.33 Å². The molecule has 1 aromatic heterocycles. The summed E-state index contributed by atoms with van der Waals surface area (Å²) in [6.07, 6.45) is 1.54. The molecule has 1 heterocycles. The first kappa shape index (κ1) is 11.5. The van der Waals surface area contributed by atoms with Gasteiger partial charge >= 0.3 is 0 Å². The van der Waals surface area contributed by atoms with E-state index in [2.05, 4.69) is 10.1 Å². The van der Waals surface area contributed by atoms with Gasteiger partial charge in [-0.25, -0.2) is 9.67 Å². The molecule has 88 valence electrons. The molecule has 0 fully saturated rings.